The second kappa shape index (κ2) is 7.22. The van der Waals surface area contributed by atoms with E-state index in [1.807, 2.05) is 0 Å². The van der Waals surface area contributed by atoms with Crippen LogP contribution in [0.1, 0.15) is 5.56 Å². The average molecular weight is 268 g/mol. The fraction of sp³-hybridized carbons (Fsp3) is 0.333. The van der Waals surface area contributed by atoms with E-state index in [-0.39, 0.29) is 0 Å². The summed E-state index contributed by atoms with van der Waals surface area (Å²) in [4.78, 5) is 10.8. The predicted octanol–water partition coefficient (Wildman–Crippen LogP) is 0.155. The first kappa shape index (κ1) is 14.8. The van der Waals surface area contributed by atoms with Gasteiger partial charge in [0.25, 0.3) is 5.91 Å². The van der Waals surface area contributed by atoms with Gasteiger partial charge in [0.15, 0.2) is 11.5 Å². The lowest BCUT2D eigenvalue weighted by molar-refractivity contribution is -0.123. The van der Waals surface area contributed by atoms with E-state index in [1.54, 1.807) is 12.1 Å². The highest BCUT2D eigenvalue weighted by atomic mass is 16.5. The normalized spacial score (nSPS) is 10.3. The zero-order valence-electron chi connectivity index (χ0n) is 11.0. The van der Waals surface area contributed by atoms with E-state index in [0.717, 1.165) is 0 Å². The number of hydrogen-bond acceptors (Lipinski definition) is 6. The molecule has 7 heteroatoms. The third-order valence-electron chi connectivity index (χ3n) is 2.23. The lowest BCUT2D eigenvalue weighted by Gasteiger charge is -2.12. The third kappa shape index (κ3) is 3.85. The zero-order chi connectivity index (χ0) is 14.3. The van der Waals surface area contributed by atoms with Crippen LogP contribution in [-0.2, 0) is 4.79 Å². The number of amides is 1. The van der Waals surface area contributed by atoms with E-state index < -0.39 is 12.5 Å². The van der Waals surface area contributed by atoms with E-state index in [9.17, 15) is 4.79 Å². The molecule has 0 saturated heterocycles. The van der Waals surface area contributed by atoms with Crippen LogP contribution in [0, 0.1) is 0 Å². The molecule has 1 amide bonds. The first-order chi connectivity index (χ1) is 9.15. The predicted molar refractivity (Wildman–Crippen MR) is 68.9 cm³/mol. The molecular formula is C12H16N2O5. The molecule has 0 atom stereocenters. The van der Waals surface area contributed by atoms with Gasteiger partial charge in [-0.25, -0.2) is 5.43 Å². The molecule has 0 aliphatic heterocycles. The number of hydrogen-bond donors (Lipinski definition) is 2. The Hall–Kier alpha value is -2.28. The molecular weight excluding hydrogens is 252 g/mol. The van der Waals surface area contributed by atoms with Crippen molar-refractivity contribution in [2.24, 2.45) is 5.10 Å². The van der Waals surface area contributed by atoms with E-state index in [0.29, 0.717) is 22.8 Å². The molecule has 0 bridgehead atoms. The van der Waals surface area contributed by atoms with Crippen LogP contribution in [0.25, 0.3) is 0 Å². The van der Waals surface area contributed by atoms with Crippen molar-refractivity contribution in [1.82, 2.24) is 5.43 Å². The molecule has 7 nitrogen and oxygen atoms in total. The molecule has 19 heavy (non-hydrogen) atoms. The maximum absolute atomic E-state index is 10.8. The van der Waals surface area contributed by atoms with Crippen molar-refractivity contribution in [3.05, 3.63) is 17.7 Å². The van der Waals surface area contributed by atoms with Crippen LogP contribution >= 0.6 is 0 Å². The highest BCUT2D eigenvalue weighted by molar-refractivity contribution is 5.84. The van der Waals surface area contributed by atoms with Crippen LogP contribution < -0.4 is 19.6 Å². The van der Waals surface area contributed by atoms with Crippen LogP contribution in [-0.4, -0.2) is 45.2 Å². The van der Waals surface area contributed by atoms with Gasteiger partial charge in [-0.2, -0.15) is 5.10 Å². The molecule has 2 N–H and O–H groups in total. The molecule has 0 aliphatic rings. The van der Waals surface area contributed by atoms with Gasteiger partial charge in [0.1, 0.15) is 6.61 Å². The number of aliphatic hydroxyl groups is 1. The minimum atomic E-state index is -0.618. The molecule has 0 saturated carbocycles. The number of aliphatic hydroxyl groups excluding tert-OH is 1. The molecule has 0 heterocycles. The quantitative estimate of drug-likeness (QED) is 0.566. The van der Waals surface area contributed by atoms with Gasteiger partial charge in [0.2, 0.25) is 5.75 Å². The third-order valence-corrected chi connectivity index (χ3v) is 2.23. The van der Waals surface area contributed by atoms with Gasteiger partial charge >= 0.3 is 0 Å². The van der Waals surface area contributed by atoms with Crippen molar-refractivity contribution >= 4 is 12.1 Å². The molecule has 0 fully saturated rings. The fourth-order valence-corrected chi connectivity index (χ4v) is 1.39. The highest BCUT2D eigenvalue weighted by Gasteiger charge is 2.12. The van der Waals surface area contributed by atoms with Gasteiger partial charge < -0.3 is 19.3 Å². The first-order valence-corrected chi connectivity index (χ1v) is 5.39. The van der Waals surface area contributed by atoms with Gasteiger partial charge in [-0.15, -0.1) is 0 Å². The number of nitrogens with zero attached hydrogens (tertiary/aromatic N) is 1. The summed E-state index contributed by atoms with van der Waals surface area (Å²) < 4.78 is 15.5. The Morgan fingerprint density at radius 1 is 1.26 bits per heavy atom. The Kier molecular flexibility index (Phi) is 5.62. The Morgan fingerprint density at radius 3 is 2.26 bits per heavy atom. The van der Waals surface area contributed by atoms with Crippen molar-refractivity contribution in [2.45, 2.75) is 0 Å². The summed E-state index contributed by atoms with van der Waals surface area (Å²) >= 11 is 0. The van der Waals surface area contributed by atoms with Gasteiger partial charge in [0, 0.05) is 5.56 Å². The summed E-state index contributed by atoms with van der Waals surface area (Å²) in [6, 6.07) is 3.35. The Bertz CT molecular complexity index is 448. The maximum atomic E-state index is 10.8. The van der Waals surface area contributed by atoms with E-state index in [1.165, 1.54) is 27.5 Å². The van der Waals surface area contributed by atoms with Crippen molar-refractivity contribution < 1.29 is 24.1 Å². The fourth-order valence-electron chi connectivity index (χ4n) is 1.39. The first-order valence-electron chi connectivity index (χ1n) is 5.39. The Balaban J connectivity index is 2.99. The Morgan fingerprint density at radius 2 is 1.84 bits per heavy atom. The van der Waals surface area contributed by atoms with Crippen LogP contribution in [0.2, 0.25) is 0 Å². The molecule has 104 valence electrons. The standard InChI is InChI=1S/C12H16N2O5/c1-17-9-4-8(6-13-14-11(16)7-15)5-10(18-2)12(9)19-3/h4-6,15H,7H2,1-3H3,(H,14,16)/b13-6-. The summed E-state index contributed by atoms with van der Waals surface area (Å²) in [5, 5.41) is 12.2. The molecule has 0 spiro atoms. The largest absolute Gasteiger partial charge is 0.493 e. The van der Waals surface area contributed by atoms with Gasteiger partial charge in [-0.05, 0) is 12.1 Å². The summed E-state index contributed by atoms with van der Waals surface area (Å²) in [6.07, 6.45) is 1.40. The number of carbonyl (C=O) groups excluding carboxylic acids is 1. The molecule has 0 unspecified atom stereocenters. The average Bonchev–Trinajstić information content (AvgIpc) is 2.45. The number of ether oxygens (including phenoxy) is 3. The van der Waals surface area contributed by atoms with Crippen molar-refractivity contribution in [2.75, 3.05) is 27.9 Å². The molecule has 0 radical (unpaired) electrons. The summed E-state index contributed by atoms with van der Waals surface area (Å²) in [6.45, 7) is -0.618. The summed E-state index contributed by atoms with van der Waals surface area (Å²) in [5.74, 6) is 0.846. The zero-order valence-corrected chi connectivity index (χ0v) is 11.0. The second-order valence-electron chi connectivity index (χ2n) is 3.41. The van der Waals surface area contributed by atoms with Crippen LogP contribution in [0.3, 0.4) is 0 Å². The number of nitrogens with one attached hydrogen (secondary N) is 1. The van der Waals surface area contributed by atoms with Crippen LogP contribution in [0.15, 0.2) is 17.2 Å². The van der Waals surface area contributed by atoms with E-state index in [4.69, 9.17) is 19.3 Å². The highest BCUT2D eigenvalue weighted by Crippen LogP contribution is 2.37. The van der Waals surface area contributed by atoms with Crippen molar-refractivity contribution in [3.8, 4) is 17.2 Å². The molecule has 1 rings (SSSR count). The van der Waals surface area contributed by atoms with Crippen LogP contribution in [0.4, 0.5) is 0 Å². The monoisotopic (exact) mass is 268 g/mol. The SMILES string of the molecule is COc1cc(/C=N\NC(=O)CO)cc(OC)c1OC. The maximum Gasteiger partial charge on any atom is 0.265 e. The topological polar surface area (TPSA) is 89.4 Å². The van der Waals surface area contributed by atoms with Gasteiger partial charge in [-0.1, -0.05) is 0 Å². The molecule has 0 aliphatic carbocycles. The van der Waals surface area contributed by atoms with Gasteiger partial charge in [-0.3, -0.25) is 4.79 Å². The smallest absolute Gasteiger partial charge is 0.265 e. The Labute approximate surface area is 110 Å². The number of rotatable bonds is 6. The summed E-state index contributed by atoms with van der Waals surface area (Å²) in [7, 11) is 4.52. The number of methoxy groups -OCH3 is 3. The minimum Gasteiger partial charge on any atom is -0.493 e. The number of hydrazone groups is 1. The molecule has 1 aromatic rings. The van der Waals surface area contributed by atoms with Crippen LogP contribution in [0.5, 0.6) is 17.2 Å². The van der Waals surface area contributed by atoms with E-state index >= 15 is 0 Å². The number of carbonyl (C=O) groups is 1. The van der Waals surface area contributed by atoms with Crippen molar-refractivity contribution in [1.29, 1.82) is 0 Å². The lowest BCUT2D eigenvalue weighted by atomic mass is 10.2. The van der Waals surface area contributed by atoms with Gasteiger partial charge in [0.05, 0.1) is 27.5 Å². The van der Waals surface area contributed by atoms with E-state index in [2.05, 4.69) is 10.5 Å². The number of benzene rings is 1. The van der Waals surface area contributed by atoms with Crippen molar-refractivity contribution in [3.63, 3.8) is 0 Å². The minimum absolute atomic E-state index is 0.474. The molecule has 0 aromatic heterocycles. The lowest BCUT2D eigenvalue weighted by Crippen LogP contribution is -2.20. The second-order valence-corrected chi connectivity index (χ2v) is 3.41. The molecule has 1 aromatic carbocycles. The summed E-state index contributed by atoms with van der Waals surface area (Å²) in [5.41, 5.74) is 2.80.